The summed E-state index contributed by atoms with van der Waals surface area (Å²) in [6, 6.07) is 6.29. The first-order chi connectivity index (χ1) is 13.9. The molecule has 3 aromatic rings. The molecule has 1 amide bonds. The van der Waals surface area contributed by atoms with Crippen LogP contribution in [0.15, 0.2) is 35.4 Å². The summed E-state index contributed by atoms with van der Waals surface area (Å²) in [5.74, 6) is -0.345. The number of methoxy groups -OCH3 is 2. The van der Waals surface area contributed by atoms with Crippen molar-refractivity contribution in [2.45, 2.75) is 26.3 Å². The SMILES string of the molecule is CC[C@@H](C(=O)OC)n1cnc2sc(C(=O)Nc3ccccc3OC)c(C)c2c1=O. The van der Waals surface area contributed by atoms with Crippen LogP contribution in [-0.2, 0) is 9.53 Å². The number of para-hydroxylation sites is 2. The summed E-state index contributed by atoms with van der Waals surface area (Å²) in [5.41, 5.74) is 0.667. The standard InChI is InChI=1S/C20H21N3O5S/c1-5-13(20(26)28-4)23-10-21-18-15(19(23)25)11(2)16(29-18)17(24)22-12-8-6-7-9-14(12)27-3/h6-10,13H,5H2,1-4H3,(H,22,24)/t13-/m0/s1. The summed E-state index contributed by atoms with van der Waals surface area (Å²) in [4.78, 5) is 43.0. The molecule has 3 rings (SSSR count). The third kappa shape index (κ3) is 3.73. The number of ether oxygens (including phenoxy) is 2. The number of nitrogens with zero attached hydrogens (tertiary/aromatic N) is 2. The first-order valence-corrected chi connectivity index (χ1v) is 9.77. The highest BCUT2D eigenvalue weighted by molar-refractivity contribution is 7.20. The van der Waals surface area contributed by atoms with E-state index in [0.29, 0.717) is 38.5 Å². The minimum absolute atomic E-state index is 0.324. The molecule has 0 aliphatic rings. The Morgan fingerprint density at radius 1 is 1.28 bits per heavy atom. The number of hydrogen-bond acceptors (Lipinski definition) is 7. The molecule has 0 spiro atoms. The molecule has 8 nitrogen and oxygen atoms in total. The second-order valence-corrected chi connectivity index (χ2v) is 7.29. The van der Waals surface area contributed by atoms with Crippen molar-refractivity contribution in [3.8, 4) is 5.75 Å². The number of amides is 1. The number of hydrogen-bond donors (Lipinski definition) is 1. The van der Waals surface area contributed by atoms with Gasteiger partial charge in [-0.2, -0.15) is 0 Å². The maximum atomic E-state index is 13.0. The molecule has 0 saturated heterocycles. The Morgan fingerprint density at radius 2 is 2.00 bits per heavy atom. The number of carbonyl (C=O) groups excluding carboxylic acids is 2. The first kappa shape index (κ1) is 20.5. The van der Waals surface area contributed by atoms with Gasteiger partial charge >= 0.3 is 5.97 Å². The molecular formula is C20H21N3O5S. The zero-order chi connectivity index (χ0) is 21.1. The number of aromatic nitrogens is 2. The second-order valence-electron chi connectivity index (χ2n) is 6.29. The van der Waals surface area contributed by atoms with Crippen LogP contribution in [0.1, 0.15) is 34.6 Å². The van der Waals surface area contributed by atoms with E-state index in [2.05, 4.69) is 10.3 Å². The van der Waals surface area contributed by atoms with Gasteiger partial charge in [0.25, 0.3) is 11.5 Å². The second kappa shape index (κ2) is 8.44. The van der Waals surface area contributed by atoms with Gasteiger partial charge in [0.05, 0.1) is 36.5 Å². The minimum Gasteiger partial charge on any atom is -0.495 e. The zero-order valence-corrected chi connectivity index (χ0v) is 17.3. The van der Waals surface area contributed by atoms with Crippen molar-refractivity contribution in [2.75, 3.05) is 19.5 Å². The topological polar surface area (TPSA) is 99.5 Å². The van der Waals surface area contributed by atoms with Crippen molar-refractivity contribution >= 4 is 39.1 Å². The van der Waals surface area contributed by atoms with Crippen molar-refractivity contribution in [1.29, 1.82) is 0 Å². The lowest BCUT2D eigenvalue weighted by Crippen LogP contribution is -2.30. The summed E-state index contributed by atoms with van der Waals surface area (Å²) < 4.78 is 11.3. The Kier molecular flexibility index (Phi) is 5.97. The third-order valence-electron chi connectivity index (χ3n) is 4.63. The van der Waals surface area contributed by atoms with E-state index in [-0.39, 0.29) is 11.5 Å². The molecule has 0 saturated carbocycles. The predicted molar refractivity (Wildman–Crippen MR) is 111 cm³/mol. The highest BCUT2D eigenvalue weighted by atomic mass is 32.1. The Balaban J connectivity index is 2.04. The number of aryl methyl sites for hydroxylation is 1. The number of anilines is 1. The quantitative estimate of drug-likeness (QED) is 0.621. The number of carbonyl (C=O) groups is 2. The first-order valence-electron chi connectivity index (χ1n) is 8.95. The smallest absolute Gasteiger partial charge is 0.329 e. The number of thiophene rings is 1. The highest BCUT2D eigenvalue weighted by Gasteiger charge is 2.25. The number of benzene rings is 1. The van der Waals surface area contributed by atoms with Crippen LogP contribution in [0.3, 0.4) is 0 Å². The molecule has 2 aromatic heterocycles. The van der Waals surface area contributed by atoms with Crippen LogP contribution in [0.5, 0.6) is 5.75 Å². The number of fused-ring (bicyclic) bond motifs is 1. The number of nitrogens with one attached hydrogen (secondary N) is 1. The molecule has 0 unspecified atom stereocenters. The predicted octanol–water partition coefficient (Wildman–Crippen LogP) is 3.15. The minimum atomic E-state index is -0.769. The third-order valence-corrected chi connectivity index (χ3v) is 5.83. The zero-order valence-electron chi connectivity index (χ0n) is 16.5. The van der Waals surface area contributed by atoms with Crippen molar-refractivity contribution in [3.05, 3.63) is 51.4 Å². The lowest BCUT2D eigenvalue weighted by atomic mass is 10.2. The fraction of sp³-hybridized carbons (Fsp3) is 0.300. The van der Waals surface area contributed by atoms with Crippen LogP contribution < -0.4 is 15.6 Å². The van der Waals surface area contributed by atoms with Gasteiger partial charge < -0.3 is 14.8 Å². The molecular weight excluding hydrogens is 394 g/mol. The largest absolute Gasteiger partial charge is 0.495 e. The maximum absolute atomic E-state index is 13.0. The van der Waals surface area contributed by atoms with E-state index in [1.807, 2.05) is 0 Å². The molecule has 1 aromatic carbocycles. The van der Waals surface area contributed by atoms with Crippen molar-refractivity contribution in [2.24, 2.45) is 0 Å². The van der Waals surface area contributed by atoms with Gasteiger partial charge in [-0.15, -0.1) is 11.3 Å². The van der Waals surface area contributed by atoms with E-state index in [9.17, 15) is 14.4 Å². The Labute approximate surface area is 171 Å². The van der Waals surface area contributed by atoms with Crippen LogP contribution in [0.2, 0.25) is 0 Å². The van der Waals surface area contributed by atoms with Crippen LogP contribution >= 0.6 is 11.3 Å². The highest BCUT2D eigenvalue weighted by Crippen LogP contribution is 2.30. The lowest BCUT2D eigenvalue weighted by molar-refractivity contribution is -0.144. The van der Waals surface area contributed by atoms with Crippen LogP contribution in [-0.4, -0.2) is 35.6 Å². The van der Waals surface area contributed by atoms with Crippen molar-refractivity contribution < 1.29 is 19.1 Å². The van der Waals surface area contributed by atoms with Gasteiger partial charge in [-0.3, -0.25) is 14.2 Å². The van der Waals surface area contributed by atoms with Gasteiger partial charge in [0.15, 0.2) is 0 Å². The summed E-state index contributed by atoms with van der Waals surface area (Å²) in [5, 5.41) is 3.13. The van der Waals surface area contributed by atoms with Crippen molar-refractivity contribution in [3.63, 3.8) is 0 Å². The van der Waals surface area contributed by atoms with Gasteiger partial charge in [-0.1, -0.05) is 19.1 Å². The molecule has 9 heteroatoms. The van der Waals surface area contributed by atoms with Crippen molar-refractivity contribution in [1.82, 2.24) is 9.55 Å². The van der Waals surface area contributed by atoms with E-state index < -0.39 is 12.0 Å². The number of esters is 1. The summed E-state index contributed by atoms with van der Waals surface area (Å²) in [6.07, 6.45) is 1.71. The van der Waals surface area contributed by atoms with Gasteiger partial charge in [0, 0.05) is 0 Å². The van der Waals surface area contributed by atoms with E-state index in [0.717, 1.165) is 11.3 Å². The fourth-order valence-corrected chi connectivity index (χ4v) is 4.15. The van der Waals surface area contributed by atoms with Crippen LogP contribution in [0, 0.1) is 6.92 Å². The monoisotopic (exact) mass is 415 g/mol. The van der Waals surface area contributed by atoms with Crippen LogP contribution in [0.4, 0.5) is 5.69 Å². The summed E-state index contributed by atoms with van der Waals surface area (Å²) in [7, 11) is 2.80. The average molecular weight is 415 g/mol. The molecule has 0 fully saturated rings. The number of rotatable bonds is 6. The maximum Gasteiger partial charge on any atom is 0.329 e. The Morgan fingerprint density at radius 3 is 2.66 bits per heavy atom. The van der Waals surface area contributed by atoms with Crippen LogP contribution in [0.25, 0.3) is 10.2 Å². The molecule has 0 aliphatic carbocycles. The van der Waals surface area contributed by atoms with E-state index in [1.165, 1.54) is 25.1 Å². The fourth-order valence-electron chi connectivity index (χ4n) is 3.12. The summed E-state index contributed by atoms with van der Waals surface area (Å²) >= 11 is 1.13. The molecule has 0 aliphatic heterocycles. The molecule has 2 heterocycles. The van der Waals surface area contributed by atoms with Gasteiger partial charge in [0.2, 0.25) is 0 Å². The van der Waals surface area contributed by atoms with Gasteiger partial charge in [-0.05, 0) is 31.0 Å². The average Bonchev–Trinajstić information content (AvgIpc) is 3.07. The molecule has 1 atom stereocenters. The molecule has 0 bridgehead atoms. The van der Waals surface area contributed by atoms with Gasteiger partial charge in [0.1, 0.15) is 16.6 Å². The lowest BCUT2D eigenvalue weighted by Gasteiger charge is -2.15. The molecule has 0 radical (unpaired) electrons. The molecule has 29 heavy (non-hydrogen) atoms. The van der Waals surface area contributed by atoms with E-state index in [1.54, 1.807) is 38.1 Å². The normalized spacial score (nSPS) is 11.9. The summed E-state index contributed by atoms with van der Waals surface area (Å²) in [6.45, 7) is 3.48. The van der Waals surface area contributed by atoms with E-state index >= 15 is 0 Å². The Bertz CT molecular complexity index is 1130. The molecule has 152 valence electrons. The Hall–Kier alpha value is -3.20. The molecule has 1 N–H and O–H groups in total. The van der Waals surface area contributed by atoms with E-state index in [4.69, 9.17) is 9.47 Å². The van der Waals surface area contributed by atoms with Gasteiger partial charge in [-0.25, -0.2) is 9.78 Å².